The summed E-state index contributed by atoms with van der Waals surface area (Å²) in [6, 6.07) is 6.22. The molecule has 1 aromatic carbocycles. The summed E-state index contributed by atoms with van der Waals surface area (Å²) in [6.07, 6.45) is 2.04. The lowest BCUT2D eigenvalue weighted by atomic mass is 9.79. The van der Waals surface area contributed by atoms with Crippen molar-refractivity contribution in [2.24, 2.45) is 5.92 Å². The summed E-state index contributed by atoms with van der Waals surface area (Å²) in [6.45, 7) is 0.988. The normalized spacial score (nSPS) is 26.4. The first kappa shape index (κ1) is 14.9. The minimum Gasteiger partial charge on any atom is -0.481 e. The van der Waals surface area contributed by atoms with Gasteiger partial charge in [-0.05, 0) is 43.4 Å². The van der Waals surface area contributed by atoms with Crippen molar-refractivity contribution in [1.82, 2.24) is 5.32 Å². The third-order valence-corrected chi connectivity index (χ3v) is 3.96. The molecule has 4 nitrogen and oxygen atoms in total. The predicted molar refractivity (Wildman–Crippen MR) is 72.7 cm³/mol. The molecular weight excluding hydrogens is 261 g/mol. The molecular formula is C15H20FNO3. The van der Waals surface area contributed by atoms with Gasteiger partial charge in [0.25, 0.3) is 0 Å². The number of nitrogens with one attached hydrogen (secondary N) is 1. The first-order chi connectivity index (χ1) is 9.48. The second kappa shape index (κ2) is 6.33. The van der Waals surface area contributed by atoms with Crippen molar-refractivity contribution in [2.75, 3.05) is 6.54 Å². The van der Waals surface area contributed by atoms with Gasteiger partial charge in [-0.1, -0.05) is 12.1 Å². The Morgan fingerprint density at radius 1 is 1.30 bits per heavy atom. The molecule has 0 aromatic heterocycles. The Kier molecular flexibility index (Phi) is 4.73. The Morgan fingerprint density at radius 3 is 2.45 bits per heavy atom. The molecule has 0 atom stereocenters. The number of carboxylic acids is 1. The molecule has 1 aliphatic carbocycles. The highest BCUT2D eigenvalue weighted by Gasteiger charge is 2.35. The number of rotatable bonds is 5. The van der Waals surface area contributed by atoms with E-state index in [1.54, 1.807) is 12.1 Å². The standard InChI is InChI=1S/C15H20FNO3/c16-13-3-1-11(2-4-13)9-17-10-15(20)7-5-12(6-8-15)14(18)19/h1-4,12,17,20H,5-10H2,(H,18,19). The molecule has 0 amide bonds. The van der Waals surface area contributed by atoms with E-state index in [4.69, 9.17) is 5.11 Å². The van der Waals surface area contributed by atoms with Gasteiger partial charge in [0, 0.05) is 13.1 Å². The maximum atomic E-state index is 12.8. The zero-order chi connectivity index (χ0) is 14.6. The Balaban J connectivity index is 1.76. The fourth-order valence-corrected chi connectivity index (χ4v) is 2.62. The van der Waals surface area contributed by atoms with Crippen LogP contribution in [0, 0.1) is 11.7 Å². The van der Waals surface area contributed by atoms with Gasteiger partial charge >= 0.3 is 5.97 Å². The van der Waals surface area contributed by atoms with Crippen LogP contribution in [0.25, 0.3) is 0 Å². The molecule has 20 heavy (non-hydrogen) atoms. The van der Waals surface area contributed by atoms with E-state index in [2.05, 4.69) is 5.32 Å². The highest BCUT2D eigenvalue weighted by Crippen LogP contribution is 2.31. The molecule has 2 rings (SSSR count). The smallest absolute Gasteiger partial charge is 0.306 e. The lowest BCUT2D eigenvalue weighted by Gasteiger charge is -2.34. The summed E-state index contributed by atoms with van der Waals surface area (Å²) in [4.78, 5) is 10.9. The van der Waals surface area contributed by atoms with E-state index in [1.165, 1.54) is 12.1 Å². The van der Waals surface area contributed by atoms with Gasteiger partial charge < -0.3 is 15.5 Å². The van der Waals surface area contributed by atoms with Crippen LogP contribution < -0.4 is 5.32 Å². The topological polar surface area (TPSA) is 69.6 Å². The van der Waals surface area contributed by atoms with Crippen LogP contribution in [-0.4, -0.2) is 28.3 Å². The van der Waals surface area contributed by atoms with Crippen molar-refractivity contribution in [3.05, 3.63) is 35.6 Å². The lowest BCUT2D eigenvalue weighted by molar-refractivity contribution is -0.144. The maximum Gasteiger partial charge on any atom is 0.306 e. The molecule has 0 heterocycles. The lowest BCUT2D eigenvalue weighted by Crippen LogP contribution is -2.44. The van der Waals surface area contributed by atoms with Crippen LogP contribution in [0.3, 0.4) is 0 Å². The number of carbonyl (C=O) groups is 1. The third kappa shape index (κ3) is 4.02. The van der Waals surface area contributed by atoms with Gasteiger partial charge in [-0.25, -0.2) is 4.39 Å². The zero-order valence-corrected chi connectivity index (χ0v) is 11.3. The second-order valence-electron chi connectivity index (χ2n) is 5.57. The highest BCUT2D eigenvalue weighted by molar-refractivity contribution is 5.70. The fourth-order valence-electron chi connectivity index (χ4n) is 2.62. The molecule has 0 unspecified atom stereocenters. The van der Waals surface area contributed by atoms with Crippen molar-refractivity contribution >= 4 is 5.97 Å². The molecule has 1 aliphatic rings. The Labute approximate surface area is 117 Å². The van der Waals surface area contributed by atoms with E-state index >= 15 is 0 Å². The Morgan fingerprint density at radius 2 is 1.90 bits per heavy atom. The second-order valence-corrected chi connectivity index (χ2v) is 5.57. The van der Waals surface area contributed by atoms with E-state index in [1.807, 2.05) is 0 Å². The van der Waals surface area contributed by atoms with Gasteiger partial charge in [0.15, 0.2) is 0 Å². The zero-order valence-electron chi connectivity index (χ0n) is 11.3. The van der Waals surface area contributed by atoms with Crippen LogP contribution in [0.4, 0.5) is 4.39 Å². The molecule has 1 fully saturated rings. The van der Waals surface area contributed by atoms with E-state index in [0.717, 1.165) is 5.56 Å². The molecule has 1 saturated carbocycles. The number of hydrogen-bond donors (Lipinski definition) is 3. The number of aliphatic hydroxyl groups is 1. The van der Waals surface area contributed by atoms with Crippen LogP contribution >= 0.6 is 0 Å². The average Bonchev–Trinajstić information content (AvgIpc) is 2.41. The van der Waals surface area contributed by atoms with E-state index in [-0.39, 0.29) is 11.7 Å². The average molecular weight is 281 g/mol. The van der Waals surface area contributed by atoms with Gasteiger partial charge in [-0.15, -0.1) is 0 Å². The molecule has 110 valence electrons. The summed E-state index contributed by atoms with van der Waals surface area (Å²) < 4.78 is 12.8. The minimum absolute atomic E-state index is 0.264. The third-order valence-electron chi connectivity index (χ3n) is 3.96. The quantitative estimate of drug-likeness (QED) is 0.771. The van der Waals surface area contributed by atoms with Crippen molar-refractivity contribution in [1.29, 1.82) is 0 Å². The van der Waals surface area contributed by atoms with E-state index in [0.29, 0.717) is 38.8 Å². The number of halogens is 1. The SMILES string of the molecule is O=C(O)C1CCC(O)(CNCc2ccc(F)cc2)CC1. The van der Waals surface area contributed by atoms with Gasteiger partial charge in [0.05, 0.1) is 11.5 Å². The van der Waals surface area contributed by atoms with Crippen molar-refractivity contribution in [2.45, 2.75) is 37.8 Å². The summed E-state index contributed by atoms with van der Waals surface area (Å²) in [5.41, 5.74) is 0.126. The summed E-state index contributed by atoms with van der Waals surface area (Å²) in [5, 5.41) is 22.5. The van der Waals surface area contributed by atoms with Crippen molar-refractivity contribution in [3.8, 4) is 0 Å². The van der Waals surface area contributed by atoms with Crippen LogP contribution in [-0.2, 0) is 11.3 Å². The molecule has 0 aliphatic heterocycles. The van der Waals surface area contributed by atoms with Crippen molar-refractivity contribution in [3.63, 3.8) is 0 Å². The summed E-state index contributed by atoms with van der Waals surface area (Å²) >= 11 is 0. The minimum atomic E-state index is -0.827. The Hall–Kier alpha value is -1.46. The molecule has 1 aromatic rings. The largest absolute Gasteiger partial charge is 0.481 e. The Bertz CT molecular complexity index is 453. The van der Waals surface area contributed by atoms with Crippen LogP contribution in [0.15, 0.2) is 24.3 Å². The first-order valence-electron chi connectivity index (χ1n) is 6.89. The molecule has 0 bridgehead atoms. The predicted octanol–water partition coefficient (Wildman–Crippen LogP) is 1.92. The van der Waals surface area contributed by atoms with Crippen LogP contribution in [0.2, 0.25) is 0 Å². The summed E-state index contributed by atoms with van der Waals surface area (Å²) in [5.74, 6) is -1.36. The fraction of sp³-hybridized carbons (Fsp3) is 0.533. The molecule has 3 N–H and O–H groups in total. The van der Waals surface area contributed by atoms with Gasteiger partial charge in [0.2, 0.25) is 0 Å². The summed E-state index contributed by atoms with van der Waals surface area (Å²) in [7, 11) is 0. The van der Waals surface area contributed by atoms with Gasteiger partial charge in [-0.2, -0.15) is 0 Å². The highest BCUT2D eigenvalue weighted by atomic mass is 19.1. The van der Waals surface area contributed by atoms with Crippen LogP contribution in [0.1, 0.15) is 31.2 Å². The van der Waals surface area contributed by atoms with E-state index in [9.17, 15) is 14.3 Å². The molecule has 5 heteroatoms. The number of carboxylic acid groups (broad SMARTS) is 1. The van der Waals surface area contributed by atoms with E-state index < -0.39 is 11.6 Å². The molecule has 0 saturated heterocycles. The van der Waals surface area contributed by atoms with Gasteiger partial charge in [-0.3, -0.25) is 4.79 Å². The van der Waals surface area contributed by atoms with Crippen molar-refractivity contribution < 1.29 is 19.4 Å². The first-order valence-corrected chi connectivity index (χ1v) is 6.89. The molecule has 0 radical (unpaired) electrons. The van der Waals surface area contributed by atoms with Crippen LogP contribution in [0.5, 0.6) is 0 Å². The monoisotopic (exact) mass is 281 g/mol. The number of benzene rings is 1. The number of aliphatic carboxylic acids is 1. The maximum absolute atomic E-state index is 12.8. The van der Waals surface area contributed by atoms with Gasteiger partial charge in [0.1, 0.15) is 5.82 Å². The number of hydrogen-bond acceptors (Lipinski definition) is 3. The molecule has 0 spiro atoms.